The lowest BCUT2D eigenvalue weighted by Crippen LogP contribution is -2.60. The summed E-state index contributed by atoms with van der Waals surface area (Å²) in [5.41, 5.74) is 1.33. The predicted octanol–water partition coefficient (Wildman–Crippen LogP) is 3.55. The van der Waals surface area contributed by atoms with Gasteiger partial charge in [-0.15, -0.1) is 0 Å². The van der Waals surface area contributed by atoms with E-state index in [1.807, 2.05) is 0 Å². The number of amides is 1. The van der Waals surface area contributed by atoms with E-state index in [-0.39, 0.29) is 17.1 Å². The molecule has 0 spiro atoms. The minimum atomic E-state index is -4.79. The molecular formula is C18H16BrF4N5O2. The largest absolute Gasteiger partial charge is 0.424 e. The van der Waals surface area contributed by atoms with Crippen molar-refractivity contribution in [3.8, 4) is 0 Å². The van der Waals surface area contributed by atoms with E-state index in [1.165, 1.54) is 31.5 Å². The van der Waals surface area contributed by atoms with Crippen molar-refractivity contribution in [2.45, 2.75) is 31.2 Å². The lowest BCUT2D eigenvalue weighted by molar-refractivity contribution is -0.249. The normalized spacial score (nSPS) is 24.3. The fourth-order valence-corrected chi connectivity index (χ4v) is 2.97. The van der Waals surface area contributed by atoms with E-state index in [4.69, 9.17) is 10.5 Å². The molecule has 0 saturated carbocycles. The van der Waals surface area contributed by atoms with Crippen molar-refractivity contribution in [2.24, 2.45) is 10.7 Å². The van der Waals surface area contributed by atoms with Gasteiger partial charge < -0.3 is 15.8 Å². The van der Waals surface area contributed by atoms with Gasteiger partial charge in [0.25, 0.3) is 5.91 Å². The van der Waals surface area contributed by atoms with Gasteiger partial charge in [0.15, 0.2) is 0 Å². The summed E-state index contributed by atoms with van der Waals surface area (Å²) < 4.78 is 60.0. The number of aromatic nitrogens is 2. The Morgan fingerprint density at radius 2 is 1.90 bits per heavy atom. The number of carbonyl (C=O) groups excluding carboxylic acids is 1. The first-order chi connectivity index (χ1) is 13.9. The summed E-state index contributed by atoms with van der Waals surface area (Å²) in [6.45, 7) is 1.57. The molecule has 2 atom stereocenters. The summed E-state index contributed by atoms with van der Waals surface area (Å²) in [4.78, 5) is 23.9. The molecule has 7 nitrogen and oxygen atoms in total. The molecule has 1 aliphatic rings. The van der Waals surface area contributed by atoms with Crippen LogP contribution in [-0.2, 0) is 10.3 Å². The number of carbonyl (C=O) groups is 1. The SMILES string of the molecule is CC1(c2cc(NC(=O)c3ncc(Br)cn3)ccc2F)COC(C)(C(F)(F)F)C(N)=N1. The summed E-state index contributed by atoms with van der Waals surface area (Å²) in [6, 6.07) is 3.60. The summed E-state index contributed by atoms with van der Waals surface area (Å²) in [7, 11) is 0. The van der Waals surface area contributed by atoms with Gasteiger partial charge >= 0.3 is 6.18 Å². The van der Waals surface area contributed by atoms with E-state index in [0.717, 1.165) is 13.0 Å². The number of amidine groups is 1. The summed E-state index contributed by atoms with van der Waals surface area (Å²) in [5, 5.41) is 2.51. The molecule has 0 fully saturated rings. The van der Waals surface area contributed by atoms with Crippen LogP contribution in [0.25, 0.3) is 0 Å². The van der Waals surface area contributed by atoms with Crippen molar-refractivity contribution in [3.05, 3.63) is 52.3 Å². The zero-order valence-electron chi connectivity index (χ0n) is 15.7. The van der Waals surface area contributed by atoms with Gasteiger partial charge in [0.2, 0.25) is 11.4 Å². The number of alkyl halides is 3. The fraction of sp³-hybridized carbons (Fsp3) is 0.333. The van der Waals surface area contributed by atoms with Gasteiger partial charge in [0, 0.05) is 23.6 Å². The van der Waals surface area contributed by atoms with Gasteiger partial charge in [-0.3, -0.25) is 9.79 Å². The van der Waals surface area contributed by atoms with Crippen molar-refractivity contribution < 1.29 is 27.1 Å². The van der Waals surface area contributed by atoms with Crippen molar-refractivity contribution in [1.82, 2.24) is 9.97 Å². The number of rotatable bonds is 3. The first kappa shape index (κ1) is 22.1. The monoisotopic (exact) mass is 489 g/mol. The highest BCUT2D eigenvalue weighted by atomic mass is 79.9. The first-order valence-electron chi connectivity index (χ1n) is 8.51. The number of halogens is 5. The third-order valence-corrected chi connectivity index (χ3v) is 5.08. The Morgan fingerprint density at radius 1 is 1.27 bits per heavy atom. The molecule has 12 heteroatoms. The average Bonchev–Trinajstić information content (AvgIpc) is 2.66. The number of hydrogen-bond donors (Lipinski definition) is 2. The van der Waals surface area contributed by atoms with Gasteiger partial charge in [-0.1, -0.05) is 0 Å². The van der Waals surface area contributed by atoms with E-state index in [9.17, 15) is 22.4 Å². The highest BCUT2D eigenvalue weighted by Crippen LogP contribution is 2.41. The van der Waals surface area contributed by atoms with Crippen molar-refractivity contribution in [3.63, 3.8) is 0 Å². The molecule has 2 aromatic rings. The molecule has 1 amide bonds. The van der Waals surface area contributed by atoms with E-state index < -0.39 is 41.5 Å². The Hall–Kier alpha value is -2.60. The van der Waals surface area contributed by atoms with Crippen LogP contribution in [0, 0.1) is 5.82 Å². The van der Waals surface area contributed by atoms with Crippen LogP contribution in [-0.4, -0.2) is 40.1 Å². The van der Waals surface area contributed by atoms with Crippen molar-refractivity contribution in [2.75, 3.05) is 11.9 Å². The van der Waals surface area contributed by atoms with Crippen LogP contribution < -0.4 is 11.1 Å². The van der Waals surface area contributed by atoms with Crippen LogP contribution in [0.1, 0.15) is 30.0 Å². The summed E-state index contributed by atoms with van der Waals surface area (Å²) in [6.07, 6.45) is -2.03. The van der Waals surface area contributed by atoms with Crippen LogP contribution in [0.4, 0.5) is 23.2 Å². The summed E-state index contributed by atoms with van der Waals surface area (Å²) in [5.74, 6) is -2.34. The van der Waals surface area contributed by atoms with Gasteiger partial charge in [0.1, 0.15) is 17.2 Å². The van der Waals surface area contributed by atoms with Crippen molar-refractivity contribution in [1.29, 1.82) is 0 Å². The molecule has 0 aliphatic carbocycles. The number of ether oxygens (including phenoxy) is 1. The molecule has 3 rings (SSSR count). The molecular weight excluding hydrogens is 474 g/mol. The quantitative estimate of drug-likeness (QED) is 0.641. The Kier molecular flexibility index (Phi) is 5.58. The van der Waals surface area contributed by atoms with Gasteiger partial charge in [0.05, 0.1) is 11.1 Å². The van der Waals surface area contributed by atoms with Crippen molar-refractivity contribution >= 4 is 33.4 Å². The Morgan fingerprint density at radius 3 is 2.47 bits per heavy atom. The van der Waals surface area contributed by atoms with Gasteiger partial charge in [-0.05, 0) is 48.0 Å². The molecule has 160 valence electrons. The Labute approximate surface area is 176 Å². The minimum absolute atomic E-state index is 0.0933. The maximum Gasteiger partial charge on any atom is 0.424 e. The highest BCUT2D eigenvalue weighted by Gasteiger charge is 2.59. The van der Waals surface area contributed by atoms with E-state index in [0.29, 0.717) is 4.47 Å². The molecule has 0 saturated heterocycles. The van der Waals surface area contributed by atoms with E-state index in [1.54, 1.807) is 0 Å². The second-order valence-electron chi connectivity index (χ2n) is 6.96. The van der Waals surface area contributed by atoms with Crippen LogP contribution in [0.15, 0.2) is 40.1 Å². The number of nitrogens with two attached hydrogens (primary N) is 1. The molecule has 0 radical (unpaired) electrons. The minimum Gasteiger partial charge on any atom is -0.385 e. The average molecular weight is 490 g/mol. The number of hydrogen-bond acceptors (Lipinski definition) is 6. The summed E-state index contributed by atoms with van der Waals surface area (Å²) >= 11 is 3.15. The molecule has 2 heterocycles. The second-order valence-corrected chi connectivity index (χ2v) is 7.88. The number of anilines is 1. The molecule has 1 aromatic heterocycles. The number of nitrogens with zero attached hydrogens (tertiary/aromatic N) is 3. The molecule has 30 heavy (non-hydrogen) atoms. The standard InChI is InChI=1S/C18H16BrF4N5O2/c1-16(8-30-17(2,15(24)28-16)18(21,22)23)11-5-10(3-4-12(11)20)27-14(29)13-25-6-9(19)7-26-13/h3-7H,8H2,1-2H3,(H2,24,28)(H,27,29). The lowest BCUT2D eigenvalue weighted by Gasteiger charge is -2.41. The third kappa shape index (κ3) is 4.01. The fourth-order valence-electron chi connectivity index (χ4n) is 2.76. The van der Waals surface area contributed by atoms with E-state index >= 15 is 0 Å². The third-order valence-electron chi connectivity index (χ3n) is 4.67. The molecule has 1 aromatic carbocycles. The lowest BCUT2D eigenvalue weighted by atomic mass is 9.89. The second kappa shape index (κ2) is 7.58. The first-order valence-corrected chi connectivity index (χ1v) is 9.30. The van der Waals surface area contributed by atoms with Gasteiger partial charge in [-0.25, -0.2) is 14.4 Å². The molecule has 3 N–H and O–H groups in total. The van der Waals surface area contributed by atoms with Crippen LogP contribution >= 0.6 is 15.9 Å². The van der Waals surface area contributed by atoms with Crippen LogP contribution in [0.3, 0.4) is 0 Å². The van der Waals surface area contributed by atoms with Crippen LogP contribution in [0.2, 0.25) is 0 Å². The maximum atomic E-state index is 14.5. The number of benzene rings is 1. The van der Waals surface area contributed by atoms with Crippen LogP contribution in [0.5, 0.6) is 0 Å². The zero-order valence-corrected chi connectivity index (χ0v) is 17.3. The highest BCUT2D eigenvalue weighted by molar-refractivity contribution is 9.10. The van der Waals surface area contributed by atoms with E-state index in [2.05, 4.69) is 36.2 Å². The molecule has 2 unspecified atom stereocenters. The number of nitrogens with one attached hydrogen (secondary N) is 1. The smallest absolute Gasteiger partial charge is 0.385 e. The maximum absolute atomic E-state index is 14.5. The van der Waals surface area contributed by atoms with Gasteiger partial charge in [-0.2, -0.15) is 13.2 Å². The Balaban J connectivity index is 1.92. The topological polar surface area (TPSA) is 102 Å². The number of aliphatic imine (C=N–C) groups is 1. The predicted molar refractivity (Wildman–Crippen MR) is 103 cm³/mol. The Bertz CT molecular complexity index is 1010. The molecule has 0 bridgehead atoms. The zero-order chi connectivity index (χ0) is 22.3. The molecule has 1 aliphatic heterocycles.